The molecular weight excluding hydrogens is 285 g/mol. The van der Waals surface area contributed by atoms with E-state index in [-0.39, 0.29) is 0 Å². The van der Waals surface area contributed by atoms with Crippen LogP contribution in [0.4, 0.5) is 13.2 Å². The molecule has 0 saturated heterocycles. The first-order chi connectivity index (χ1) is 10.4. The first-order valence-corrected chi connectivity index (χ1v) is 7.68. The Hall–Kier alpha value is -1.77. The zero-order valence-electron chi connectivity index (χ0n) is 12.8. The van der Waals surface area contributed by atoms with Gasteiger partial charge in [0, 0.05) is 0 Å². The second-order valence-corrected chi connectivity index (χ2v) is 6.20. The van der Waals surface area contributed by atoms with Crippen LogP contribution in [0.2, 0.25) is 0 Å². The fourth-order valence-electron chi connectivity index (χ4n) is 3.53. The van der Waals surface area contributed by atoms with Crippen molar-refractivity contribution in [3.05, 3.63) is 58.7 Å². The van der Waals surface area contributed by atoms with Crippen molar-refractivity contribution in [2.45, 2.75) is 45.2 Å². The summed E-state index contributed by atoms with van der Waals surface area (Å²) in [4.78, 5) is 0. The molecular formula is C19H19F3. The molecule has 0 nitrogen and oxygen atoms in total. The quantitative estimate of drug-likeness (QED) is 0.595. The first kappa shape index (κ1) is 15.1. The minimum absolute atomic E-state index is 0.460. The zero-order chi connectivity index (χ0) is 15.9. The Bertz CT molecular complexity index is 698. The van der Waals surface area contributed by atoms with Crippen molar-refractivity contribution in [1.82, 2.24) is 0 Å². The molecule has 1 aliphatic carbocycles. The van der Waals surface area contributed by atoms with Crippen LogP contribution in [-0.4, -0.2) is 0 Å². The average molecular weight is 304 g/mol. The number of benzene rings is 2. The van der Waals surface area contributed by atoms with Gasteiger partial charge in [0.25, 0.3) is 0 Å². The molecule has 1 atom stereocenters. The number of hydrogen-bond donors (Lipinski definition) is 0. The first-order valence-electron chi connectivity index (χ1n) is 7.68. The van der Waals surface area contributed by atoms with Crippen molar-refractivity contribution >= 4 is 0 Å². The van der Waals surface area contributed by atoms with Gasteiger partial charge >= 0.3 is 6.18 Å². The summed E-state index contributed by atoms with van der Waals surface area (Å²) < 4.78 is 38.5. The molecule has 3 heteroatoms. The van der Waals surface area contributed by atoms with Gasteiger partial charge in [-0.3, -0.25) is 0 Å². The van der Waals surface area contributed by atoms with Crippen molar-refractivity contribution in [1.29, 1.82) is 0 Å². The van der Waals surface area contributed by atoms with E-state index in [2.05, 4.69) is 13.0 Å². The molecule has 0 aliphatic heterocycles. The number of aryl methyl sites for hydroxylation is 2. The fraction of sp³-hybridized carbons (Fsp3) is 0.368. The van der Waals surface area contributed by atoms with Gasteiger partial charge in [0.2, 0.25) is 0 Å². The summed E-state index contributed by atoms with van der Waals surface area (Å²) in [6.07, 6.45) is -0.896. The molecule has 22 heavy (non-hydrogen) atoms. The van der Waals surface area contributed by atoms with Crippen LogP contribution in [-0.2, 0) is 12.6 Å². The van der Waals surface area contributed by atoms with Gasteiger partial charge in [0.05, 0.1) is 5.56 Å². The normalized spacial score (nSPS) is 18.1. The molecule has 0 fully saturated rings. The molecule has 1 aliphatic rings. The van der Waals surface area contributed by atoms with Crippen molar-refractivity contribution in [2.24, 2.45) is 0 Å². The second-order valence-electron chi connectivity index (χ2n) is 6.20. The van der Waals surface area contributed by atoms with Gasteiger partial charge in [-0.2, -0.15) is 13.2 Å². The lowest BCUT2D eigenvalue weighted by atomic mass is 9.79. The van der Waals surface area contributed by atoms with Gasteiger partial charge in [-0.15, -0.1) is 0 Å². The van der Waals surface area contributed by atoms with Crippen LogP contribution in [0.1, 0.15) is 47.9 Å². The molecule has 0 N–H and O–H groups in total. The monoisotopic (exact) mass is 304 g/mol. The van der Waals surface area contributed by atoms with Gasteiger partial charge in [-0.1, -0.05) is 31.2 Å². The molecule has 0 aromatic heterocycles. The number of alkyl halides is 3. The predicted octanol–water partition coefficient (Wildman–Crippen LogP) is 6.12. The second kappa shape index (κ2) is 5.45. The van der Waals surface area contributed by atoms with E-state index < -0.39 is 11.7 Å². The highest BCUT2D eigenvalue weighted by Crippen LogP contribution is 2.40. The van der Waals surface area contributed by atoms with E-state index >= 15 is 0 Å². The molecule has 2 aromatic rings. The minimum atomic E-state index is -4.29. The average Bonchev–Trinajstić information content (AvgIpc) is 2.46. The van der Waals surface area contributed by atoms with E-state index in [9.17, 15) is 13.2 Å². The van der Waals surface area contributed by atoms with E-state index in [0.717, 1.165) is 24.0 Å². The predicted molar refractivity (Wildman–Crippen MR) is 83.0 cm³/mol. The highest BCUT2D eigenvalue weighted by Gasteiger charge is 2.31. The summed E-state index contributed by atoms with van der Waals surface area (Å²) in [5, 5.41) is 0. The summed E-state index contributed by atoms with van der Waals surface area (Å²) in [5.74, 6) is 0.460. The Morgan fingerprint density at radius 1 is 1.05 bits per heavy atom. The molecule has 0 bridgehead atoms. The molecule has 0 heterocycles. The SMILES string of the molecule is Cc1cc(C(F)(F)F)ccc1-c1cccc2c1C(C)CCC2. The molecule has 0 spiro atoms. The Balaban J connectivity index is 2.13. The van der Waals surface area contributed by atoms with Crippen LogP contribution in [0.5, 0.6) is 0 Å². The number of halogens is 3. The standard InChI is InChI=1S/C19H19F3/c1-12-5-3-6-14-7-4-8-17(18(12)14)16-10-9-15(11-13(16)2)19(20,21)22/h4,7-12H,3,5-6H2,1-2H3. The maximum absolute atomic E-state index is 12.8. The van der Waals surface area contributed by atoms with E-state index in [0.29, 0.717) is 11.5 Å². The van der Waals surface area contributed by atoms with Gasteiger partial charge in [-0.25, -0.2) is 0 Å². The Morgan fingerprint density at radius 3 is 2.50 bits per heavy atom. The maximum atomic E-state index is 12.8. The van der Waals surface area contributed by atoms with Crippen molar-refractivity contribution in [2.75, 3.05) is 0 Å². The van der Waals surface area contributed by atoms with Crippen LogP contribution < -0.4 is 0 Å². The third-order valence-electron chi connectivity index (χ3n) is 4.62. The third-order valence-corrected chi connectivity index (χ3v) is 4.62. The molecule has 0 saturated carbocycles. The number of fused-ring (bicyclic) bond motifs is 1. The van der Waals surface area contributed by atoms with E-state index in [1.807, 2.05) is 12.1 Å². The van der Waals surface area contributed by atoms with Crippen LogP contribution in [0.15, 0.2) is 36.4 Å². The molecule has 3 rings (SSSR count). The van der Waals surface area contributed by atoms with E-state index in [1.54, 1.807) is 13.0 Å². The van der Waals surface area contributed by atoms with Gasteiger partial charge in [-0.05, 0) is 72.1 Å². The highest BCUT2D eigenvalue weighted by molar-refractivity contribution is 5.73. The Labute approximate surface area is 129 Å². The van der Waals surface area contributed by atoms with Crippen LogP contribution in [0.3, 0.4) is 0 Å². The fourth-order valence-corrected chi connectivity index (χ4v) is 3.53. The van der Waals surface area contributed by atoms with E-state index in [4.69, 9.17) is 0 Å². The topological polar surface area (TPSA) is 0 Å². The summed E-state index contributed by atoms with van der Waals surface area (Å²) in [5.41, 5.74) is 4.77. The van der Waals surface area contributed by atoms with Crippen molar-refractivity contribution < 1.29 is 13.2 Å². The molecule has 2 aromatic carbocycles. The Morgan fingerprint density at radius 2 is 1.82 bits per heavy atom. The lowest BCUT2D eigenvalue weighted by Crippen LogP contribution is -2.09. The molecule has 0 amide bonds. The summed E-state index contributed by atoms with van der Waals surface area (Å²) >= 11 is 0. The van der Waals surface area contributed by atoms with Crippen molar-refractivity contribution in [3.63, 3.8) is 0 Å². The van der Waals surface area contributed by atoms with Crippen molar-refractivity contribution in [3.8, 4) is 11.1 Å². The minimum Gasteiger partial charge on any atom is -0.166 e. The van der Waals surface area contributed by atoms with Gasteiger partial charge in [0.15, 0.2) is 0 Å². The Kier molecular flexibility index (Phi) is 3.75. The van der Waals surface area contributed by atoms with Crippen LogP contribution >= 0.6 is 0 Å². The lowest BCUT2D eigenvalue weighted by Gasteiger charge is -2.26. The molecule has 0 radical (unpaired) electrons. The maximum Gasteiger partial charge on any atom is 0.416 e. The highest BCUT2D eigenvalue weighted by atomic mass is 19.4. The third kappa shape index (κ3) is 2.65. The molecule has 116 valence electrons. The molecule has 1 unspecified atom stereocenters. The smallest absolute Gasteiger partial charge is 0.166 e. The summed E-state index contributed by atoms with van der Waals surface area (Å²) in [6, 6.07) is 10.3. The van der Waals surface area contributed by atoms with Crippen LogP contribution in [0, 0.1) is 6.92 Å². The number of hydrogen-bond acceptors (Lipinski definition) is 0. The van der Waals surface area contributed by atoms with Gasteiger partial charge in [0.1, 0.15) is 0 Å². The van der Waals surface area contributed by atoms with Gasteiger partial charge < -0.3 is 0 Å². The number of rotatable bonds is 1. The summed E-state index contributed by atoms with van der Waals surface area (Å²) in [7, 11) is 0. The lowest BCUT2D eigenvalue weighted by molar-refractivity contribution is -0.137. The summed E-state index contributed by atoms with van der Waals surface area (Å²) in [6.45, 7) is 3.97. The van der Waals surface area contributed by atoms with E-state index in [1.165, 1.54) is 29.7 Å². The largest absolute Gasteiger partial charge is 0.416 e. The van der Waals surface area contributed by atoms with Crippen LogP contribution in [0.25, 0.3) is 11.1 Å². The zero-order valence-corrected chi connectivity index (χ0v) is 12.8.